The average molecular weight is 565 g/mol. The van der Waals surface area contributed by atoms with Crippen molar-refractivity contribution < 1.29 is 22.8 Å². The van der Waals surface area contributed by atoms with Gasteiger partial charge in [-0.3, -0.25) is 4.68 Å². The zero-order valence-corrected chi connectivity index (χ0v) is 20.7. The van der Waals surface area contributed by atoms with Crippen LogP contribution in [0.15, 0.2) is 53.5 Å². The van der Waals surface area contributed by atoms with Crippen LogP contribution in [0.1, 0.15) is 43.2 Å². The first kappa shape index (κ1) is 25.4. The highest BCUT2D eigenvalue weighted by atomic mass is 79.9. The maximum atomic E-state index is 14.3. The molecule has 36 heavy (non-hydrogen) atoms. The van der Waals surface area contributed by atoms with Gasteiger partial charge in [0.05, 0.1) is 16.4 Å². The fraction of sp³-hybridized carbons (Fsp3) is 0.261. The first-order valence-electron chi connectivity index (χ1n) is 10.8. The molecular weight excluding hydrogens is 545 g/mol. The number of nitro groups is 1. The molecule has 4 rings (SSSR count). The predicted molar refractivity (Wildman–Crippen MR) is 127 cm³/mol. The Kier molecular flexibility index (Phi) is 7.38. The lowest BCUT2D eigenvalue weighted by molar-refractivity contribution is -0.390. The second kappa shape index (κ2) is 10.5. The number of nitrogens with zero attached hydrogens (tertiary/aromatic N) is 6. The second-order valence-corrected chi connectivity index (χ2v) is 8.78. The predicted octanol–water partition coefficient (Wildman–Crippen LogP) is 6.10. The molecule has 0 bridgehead atoms. The summed E-state index contributed by atoms with van der Waals surface area (Å²) in [6, 6.07) is 5.19. The molecule has 0 amide bonds. The number of hydrogen-bond acceptors (Lipinski definition) is 6. The minimum Gasteiger partial charge on any atom is -0.478 e. The van der Waals surface area contributed by atoms with Gasteiger partial charge < -0.3 is 14.9 Å². The third kappa shape index (κ3) is 5.40. The summed E-state index contributed by atoms with van der Waals surface area (Å²) < 4.78 is 50.0. The van der Waals surface area contributed by atoms with Crippen molar-refractivity contribution in [2.45, 2.75) is 39.5 Å². The fourth-order valence-electron chi connectivity index (χ4n) is 3.75. The molecule has 0 N–H and O–H groups in total. The number of ether oxygens (including phenoxy) is 1. The quantitative estimate of drug-likeness (QED) is 0.180. The minimum absolute atomic E-state index is 0.137. The molecule has 0 saturated carbocycles. The van der Waals surface area contributed by atoms with E-state index in [1.165, 1.54) is 36.7 Å². The van der Waals surface area contributed by atoms with Gasteiger partial charge in [0.15, 0.2) is 6.20 Å². The molecule has 1 atom stereocenters. The van der Waals surface area contributed by atoms with E-state index < -0.39 is 29.2 Å². The summed E-state index contributed by atoms with van der Waals surface area (Å²) in [5, 5.41) is 19.7. The summed E-state index contributed by atoms with van der Waals surface area (Å²) in [5.41, 5.74) is 2.10. The zero-order valence-electron chi connectivity index (χ0n) is 19.1. The molecule has 188 valence electrons. The zero-order chi connectivity index (χ0) is 26.0. The van der Waals surface area contributed by atoms with Crippen LogP contribution in [0.25, 0.3) is 11.3 Å². The molecule has 3 heterocycles. The van der Waals surface area contributed by atoms with Crippen molar-refractivity contribution in [1.82, 2.24) is 24.5 Å². The van der Waals surface area contributed by atoms with Crippen LogP contribution >= 0.6 is 15.9 Å². The summed E-state index contributed by atoms with van der Waals surface area (Å²) in [5.74, 6) is -1.24. The Bertz CT molecular complexity index is 1410. The van der Waals surface area contributed by atoms with Crippen LogP contribution in [-0.4, -0.2) is 29.5 Å². The lowest BCUT2D eigenvalue weighted by Gasteiger charge is -2.18. The molecule has 0 aliphatic heterocycles. The van der Waals surface area contributed by atoms with Crippen molar-refractivity contribution in [3.63, 3.8) is 0 Å². The van der Waals surface area contributed by atoms with E-state index in [1.54, 1.807) is 24.0 Å². The number of aryl methyl sites for hydroxylation is 1. The number of rotatable bonds is 9. The summed E-state index contributed by atoms with van der Waals surface area (Å²) in [4.78, 5) is 14.5. The van der Waals surface area contributed by atoms with E-state index >= 15 is 0 Å². The molecule has 0 radical (unpaired) electrons. The molecule has 3 aromatic heterocycles. The number of benzene rings is 1. The molecule has 0 saturated heterocycles. The van der Waals surface area contributed by atoms with Gasteiger partial charge in [-0.05, 0) is 63.4 Å². The van der Waals surface area contributed by atoms with Crippen molar-refractivity contribution in [2.75, 3.05) is 0 Å². The summed E-state index contributed by atoms with van der Waals surface area (Å²) in [7, 11) is 0. The number of pyridine rings is 1. The molecule has 9 nitrogen and oxygen atoms in total. The van der Waals surface area contributed by atoms with E-state index in [0.717, 1.165) is 5.56 Å². The molecular formula is C23H20BrF3N6O3. The van der Waals surface area contributed by atoms with E-state index in [4.69, 9.17) is 4.74 Å². The Morgan fingerprint density at radius 2 is 2.00 bits per heavy atom. The number of alkyl halides is 2. The topological polar surface area (TPSA) is 101 Å². The molecule has 13 heteroatoms. The molecule has 0 fully saturated rings. The fourth-order valence-corrected chi connectivity index (χ4v) is 4.06. The van der Waals surface area contributed by atoms with Gasteiger partial charge in [-0.25, -0.2) is 9.07 Å². The Hall–Kier alpha value is -3.74. The van der Waals surface area contributed by atoms with E-state index in [0.29, 0.717) is 26.8 Å². The standard InChI is InChI=1S/C23H20BrF3N6O3/c1-3-31-11-14(9-29-31)6-15-12-32(23(26)27)30-21(15)18-5-4-17(25)8-19(18)13(2)36-20-7-16(24)10-28-22(20)33(34)35/h4-5,7-13,23H,3,6H2,1-2H3/t13-/m1/s1. The third-order valence-electron chi connectivity index (χ3n) is 5.40. The van der Waals surface area contributed by atoms with Gasteiger partial charge in [-0.15, -0.1) is 0 Å². The summed E-state index contributed by atoms with van der Waals surface area (Å²) in [6.07, 6.45) is 5.29. The monoisotopic (exact) mass is 564 g/mol. The van der Waals surface area contributed by atoms with Gasteiger partial charge in [0.2, 0.25) is 5.75 Å². The lowest BCUT2D eigenvalue weighted by atomic mass is 9.96. The molecule has 4 aromatic rings. The molecule has 0 unspecified atom stereocenters. The van der Waals surface area contributed by atoms with Crippen LogP contribution in [0.5, 0.6) is 5.75 Å². The maximum Gasteiger partial charge on any atom is 0.406 e. The molecule has 0 aliphatic rings. The highest BCUT2D eigenvalue weighted by Gasteiger charge is 2.25. The third-order valence-corrected chi connectivity index (χ3v) is 5.83. The Balaban J connectivity index is 1.77. The van der Waals surface area contributed by atoms with Crippen molar-refractivity contribution >= 4 is 21.7 Å². The normalized spacial score (nSPS) is 12.2. The number of halogens is 4. The van der Waals surface area contributed by atoms with Crippen LogP contribution in [0, 0.1) is 15.9 Å². The van der Waals surface area contributed by atoms with Gasteiger partial charge in [-0.2, -0.15) is 19.0 Å². The van der Waals surface area contributed by atoms with Crippen molar-refractivity contribution in [3.8, 4) is 17.0 Å². The first-order valence-corrected chi connectivity index (χ1v) is 11.6. The van der Waals surface area contributed by atoms with Crippen LogP contribution in [-0.2, 0) is 13.0 Å². The van der Waals surface area contributed by atoms with Crippen LogP contribution in [0.2, 0.25) is 0 Å². The van der Waals surface area contributed by atoms with E-state index in [1.807, 2.05) is 6.92 Å². The van der Waals surface area contributed by atoms with Crippen molar-refractivity contribution in [3.05, 3.63) is 86.1 Å². The minimum atomic E-state index is -2.89. The smallest absolute Gasteiger partial charge is 0.406 e. The van der Waals surface area contributed by atoms with Gasteiger partial charge in [0, 0.05) is 48.1 Å². The Labute approximate surface area is 211 Å². The Morgan fingerprint density at radius 3 is 2.67 bits per heavy atom. The SMILES string of the molecule is CCn1cc(Cc2cn(C(F)F)nc2-c2ccc(F)cc2[C@@H](C)Oc2cc(Br)cnc2[N+](=O)[O-])cn1. The first-order chi connectivity index (χ1) is 17.2. The molecule has 0 spiro atoms. The average Bonchev–Trinajstić information content (AvgIpc) is 3.46. The second-order valence-electron chi connectivity index (χ2n) is 7.87. The summed E-state index contributed by atoms with van der Waals surface area (Å²) in [6.45, 7) is 1.26. The van der Waals surface area contributed by atoms with Gasteiger partial charge >= 0.3 is 12.4 Å². The highest BCUT2D eigenvalue weighted by molar-refractivity contribution is 9.10. The largest absolute Gasteiger partial charge is 0.478 e. The summed E-state index contributed by atoms with van der Waals surface area (Å²) >= 11 is 3.20. The van der Waals surface area contributed by atoms with Crippen LogP contribution in [0.3, 0.4) is 0 Å². The molecule has 1 aromatic carbocycles. The van der Waals surface area contributed by atoms with Crippen molar-refractivity contribution in [2.24, 2.45) is 0 Å². The van der Waals surface area contributed by atoms with E-state index in [2.05, 4.69) is 31.1 Å². The van der Waals surface area contributed by atoms with Crippen LogP contribution < -0.4 is 4.74 Å². The maximum absolute atomic E-state index is 14.3. The van der Waals surface area contributed by atoms with Gasteiger partial charge in [-0.1, -0.05) is 0 Å². The van der Waals surface area contributed by atoms with Gasteiger partial charge in [0.25, 0.3) is 0 Å². The highest BCUT2D eigenvalue weighted by Crippen LogP contribution is 2.37. The van der Waals surface area contributed by atoms with E-state index in [-0.39, 0.29) is 23.4 Å². The van der Waals surface area contributed by atoms with E-state index in [9.17, 15) is 23.3 Å². The molecule has 0 aliphatic carbocycles. The van der Waals surface area contributed by atoms with Gasteiger partial charge in [0.1, 0.15) is 11.9 Å². The number of aromatic nitrogens is 5. The van der Waals surface area contributed by atoms with Crippen LogP contribution in [0.4, 0.5) is 19.0 Å². The Morgan fingerprint density at radius 1 is 1.22 bits per heavy atom. The number of hydrogen-bond donors (Lipinski definition) is 0. The lowest BCUT2D eigenvalue weighted by Crippen LogP contribution is -2.08. The van der Waals surface area contributed by atoms with Crippen molar-refractivity contribution in [1.29, 1.82) is 0 Å².